The molecule has 0 aliphatic heterocycles. The zero-order valence-corrected chi connectivity index (χ0v) is 13.2. The first-order valence-corrected chi connectivity index (χ1v) is 8.01. The third kappa shape index (κ3) is 2.80. The number of hydrogen-bond donors (Lipinski definition) is 1. The molecule has 0 saturated heterocycles. The van der Waals surface area contributed by atoms with Crippen molar-refractivity contribution in [2.45, 2.75) is 5.03 Å². The molecule has 4 nitrogen and oxygen atoms in total. The molecule has 22 heavy (non-hydrogen) atoms. The monoisotopic (exact) mass is 312 g/mol. The van der Waals surface area contributed by atoms with Crippen LogP contribution in [0.1, 0.15) is 0 Å². The fraction of sp³-hybridized carbons (Fsp3) is 0.118. The fourth-order valence-electron chi connectivity index (χ4n) is 2.22. The van der Waals surface area contributed by atoms with Crippen LogP contribution in [0, 0.1) is 0 Å². The van der Waals surface area contributed by atoms with Crippen LogP contribution in [0.2, 0.25) is 0 Å². The molecule has 0 spiro atoms. The number of aromatic nitrogens is 2. The van der Waals surface area contributed by atoms with Crippen molar-refractivity contribution >= 4 is 11.8 Å². The lowest BCUT2D eigenvalue weighted by Crippen LogP contribution is -1.99. The molecule has 1 heterocycles. The van der Waals surface area contributed by atoms with Crippen molar-refractivity contribution in [2.75, 3.05) is 13.4 Å². The van der Waals surface area contributed by atoms with Gasteiger partial charge in [-0.15, -0.1) is 11.8 Å². The SMILES string of the molecule is COc1ccc(-n2nc(SC)cc2-c2ccc(O)cc2)cc1. The molecule has 0 unspecified atom stereocenters. The van der Waals surface area contributed by atoms with Gasteiger partial charge in [-0.05, 0) is 60.9 Å². The second-order valence-corrected chi connectivity index (χ2v) is 5.56. The lowest BCUT2D eigenvalue weighted by atomic mass is 10.1. The Morgan fingerprint density at radius 3 is 2.32 bits per heavy atom. The van der Waals surface area contributed by atoms with Gasteiger partial charge in [0.1, 0.15) is 16.5 Å². The van der Waals surface area contributed by atoms with E-state index in [0.29, 0.717) is 0 Å². The van der Waals surface area contributed by atoms with E-state index in [0.717, 1.165) is 27.7 Å². The summed E-state index contributed by atoms with van der Waals surface area (Å²) >= 11 is 1.60. The minimum atomic E-state index is 0.254. The summed E-state index contributed by atoms with van der Waals surface area (Å²) in [6.45, 7) is 0. The highest BCUT2D eigenvalue weighted by atomic mass is 32.2. The molecule has 2 aromatic carbocycles. The van der Waals surface area contributed by atoms with Crippen molar-refractivity contribution in [3.05, 3.63) is 54.6 Å². The quantitative estimate of drug-likeness (QED) is 0.740. The minimum Gasteiger partial charge on any atom is -0.508 e. The van der Waals surface area contributed by atoms with Crippen molar-refractivity contribution < 1.29 is 9.84 Å². The summed E-state index contributed by atoms with van der Waals surface area (Å²) < 4.78 is 7.10. The van der Waals surface area contributed by atoms with Crippen LogP contribution in [0.5, 0.6) is 11.5 Å². The van der Waals surface area contributed by atoms with Gasteiger partial charge in [-0.25, -0.2) is 4.68 Å². The molecule has 1 N–H and O–H groups in total. The topological polar surface area (TPSA) is 47.3 Å². The number of ether oxygens (including phenoxy) is 1. The second kappa shape index (κ2) is 6.15. The lowest BCUT2D eigenvalue weighted by Gasteiger charge is -2.08. The number of nitrogens with zero attached hydrogens (tertiary/aromatic N) is 2. The fourth-order valence-corrected chi connectivity index (χ4v) is 2.61. The van der Waals surface area contributed by atoms with Crippen LogP contribution in [0.4, 0.5) is 0 Å². The van der Waals surface area contributed by atoms with Gasteiger partial charge in [0.15, 0.2) is 0 Å². The molecule has 0 atom stereocenters. The molecule has 0 amide bonds. The van der Waals surface area contributed by atoms with Crippen molar-refractivity contribution in [1.82, 2.24) is 9.78 Å². The Labute approximate surface area is 133 Å². The van der Waals surface area contributed by atoms with Gasteiger partial charge < -0.3 is 9.84 Å². The molecule has 1 aromatic heterocycles. The molecule has 0 radical (unpaired) electrons. The van der Waals surface area contributed by atoms with Crippen LogP contribution in [0.3, 0.4) is 0 Å². The third-order valence-corrected chi connectivity index (χ3v) is 3.99. The Bertz CT molecular complexity index is 764. The minimum absolute atomic E-state index is 0.254. The average Bonchev–Trinajstić information content (AvgIpc) is 3.00. The first-order valence-electron chi connectivity index (χ1n) is 6.79. The normalized spacial score (nSPS) is 10.6. The van der Waals surface area contributed by atoms with E-state index in [2.05, 4.69) is 5.10 Å². The van der Waals surface area contributed by atoms with Crippen molar-refractivity contribution in [3.63, 3.8) is 0 Å². The molecule has 112 valence electrons. The summed E-state index contributed by atoms with van der Waals surface area (Å²) in [5.74, 6) is 1.07. The van der Waals surface area contributed by atoms with Gasteiger partial charge in [-0.1, -0.05) is 0 Å². The number of aromatic hydroxyl groups is 1. The van der Waals surface area contributed by atoms with E-state index >= 15 is 0 Å². The molecule has 0 aliphatic rings. The summed E-state index contributed by atoms with van der Waals surface area (Å²) in [6.07, 6.45) is 2.00. The molecule has 0 fully saturated rings. The van der Waals surface area contributed by atoms with Crippen LogP contribution in [0.25, 0.3) is 16.9 Å². The Morgan fingerprint density at radius 2 is 1.73 bits per heavy atom. The van der Waals surface area contributed by atoms with Gasteiger partial charge in [-0.2, -0.15) is 5.10 Å². The second-order valence-electron chi connectivity index (χ2n) is 4.73. The van der Waals surface area contributed by atoms with Gasteiger partial charge >= 0.3 is 0 Å². The Hall–Kier alpha value is -2.40. The third-order valence-electron chi connectivity index (χ3n) is 3.38. The lowest BCUT2D eigenvalue weighted by molar-refractivity contribution is 0.414. The van der Waals surface area contributed by atoms with Gasteiger partial charge in [0, 0.05) is 5.56 Å². The van der Waals surface area contributed by atoms with Crippen molar-refractivity contribution in [1.29, 1.82) is 0 Å². The van der Waals surface area contributed by atoms with E-state index in [9.17, 15) is 5.11 Å². The Kier molecular flexibility index (Phi) is 4.06. The van der Waals surface area contributed by atoms with Crippen LogP contribution in [0.15, 0.2) is 59.6 Å². The smallest absolute Gasteiger partial charge is 0.119 e. The van der Waals surface area contributed by atoms with E-state index < -0.39 is 0 Å². The predicted octanol–water partition coefficient (Wildman–Crippen LogP) is 3.98. The van der Waals surface area contributed by atoms with Gasteiger partial charge in [0.25, 0.3) is 0 Å². The summed E-state index contributed by atoms with van der Waals surface area (Å²) in [5.41, 5.74) is 2.94. The average molecular weight is 312 g/mol. The maximum atomic E-state index is 9.46. The maximum absolute atomic E-state index is 9.46. The van der Waals surface area contributed by atoms with Crippen LogP contribution in [-0.2, 0) is 0 Å². The molecule has 0 saturated carbocycles. The van der Waals surface area contributed by atoms with Crippen LogP contribution in [-0.4, -0.2) is 28.3 Å². The Balaban J connectivity index is 2.09. The molecule has 3 aromatic rings. The summed E-state index contributed by atoms with van der Waals surface area (Å²) in [4.78, 5) is 0. The standard InChI is InChI=1S/C17H16N2O2S/c1-21-15-9-5-13(6-10-15)19-16(11-17(18-19)22-2)12-3-7-14(20)8-4-12/h3-11,20H,1-2H3. The van der Waals surface area contributed by atoms with E-state index in [1.807, 2.05) is 53.4 Å². The first-order chi connectivity index (χ1) is 10.7. The highest BCUT2D eigenvalue weighted by Crippen LogP contribution is 2.29. The van der Waals surface area contributed by atoms with E-state index in [-0.39, 0.29) is 5.75 Å². The summed E-state index contributed by atoms with van der Waals surface area (Å²) in [7, 11) is 1.65. The predicted molar refractivity (Wildman–Crippen MR) is 89.0 cm³/mol. The number of benzene rings is 2. The number of phenolic OH excluding ortho intramolecular Hbond substituents is 1. The summed E-state index contributed by atoms with van der Waals surface area (Å²) in [5, 5.41) is 15.0. The molecular formula is C17H16N2O2S. The highest BCUT2D eigenvalue weighted by molar-refractivity contribution is 7.98. The number of methoxy groups -OCH3 is 1. The maximum Gasteiger partial charge on any atom is 0.119 e. The van der Waals surface area contributed by atoms with Gasteiger partial charge in [0.2, 0.25) is 0 Å². The van der Waals surface area contributed by atoms with Crippen molar-refractivity contribution in [2.24, 2.45) is 0 Å². The van der Waals surface area contributed by atoms with E-state index in [4.69, 9.17) is 4.74 Å². The number of phenols is 1. The zero-order chi connectivity index (χ0) is 15.5. The van der Waals surface area contributed by atoms with Gasteiger partial charge in [0.05, 0.1) is 18.5 Å². The molecular weight excluding hydrogens is 296 g/mol. The zero-order valence-electron chi connectivity index (χ0n) is 12.4. The highest BCUT2D eigenvalue weighted by Gasteiger charge is 2.11. The molecule has 3 rings (SSSR count). The number of hydrogen-bond acceptors (Lipinski definition) is 4. The summed E-state index contributed by atoms with van der Waals surface area (Å²) in [6, 6.07) is 16.9. The number of thioether (sulfide) groups is 1. The molecule has 0 bridgehead atoms. The number of rotatable bonds is 4. The van der Waals surface area contributed by atoms with E-state index in [1.165, 1.54) is 0 Å². The van der Waals surface area contributed by atoms with Crippen LogP contribution < -0.4 is 4.74 Å². The Morgan fingerprint density at radius 1 is 1.05 bits per heavy atom. The largest absolute Gasteiger partial charge is 0.508 e. The molecule has 0 aliphatic carbocycles. The first kappa shape index (κ1) is 14.5. The van der Waals surface area contributed by atoms with Crippen LogP contribution >= 0.6 is 11.8 Å². The molecule has 5 heteroatoms. The van der Waals surface area contributed by atoms with Crippen molar-refractivity contribution in [3.8, 4) is 28.4 Å². The van der Waals surface area contributed by atoms with E-state index in [1.54, 1.807) is 31.0 Å². The van der Waals surface area contributed by atoms with Gasteiger partial charge in [-0.3, -0.25) is 0 Å².